The molecule has 44 heavy (non-hydrogen) atoms. The predicted octanol–water partition coefficient (Wildman–Crippen LogP) is 7.50. The second-order valence-corrected chi connectivity index (χ2v) is 13.0. The molecule has 3 aromatic carbocycles. The molecule has 1 aromatic heterocycles. The summed E-state index contributed by atoms with van der Waals surface area (Å²) in [7, 11) is 0. The molecule has 1 atom stereocenters. The highest BCUT2D eigenvalue weighted by atomic mass is 16.4. The third-order valence-corrected chi connectivity index (χ3v) is 10.3. The third-order valence-electron chi connectivity index (χ3n) is 10.3. The van der Waals surface area contributed by atoms with Gasteiger partial charge >= 0.3 is 5.97 Å². The van der Waals surface area contributed by atoms with Crippen LogP contribution >= 0.6 is 0 Å². The van der Waals surface area contributed by atoms with Crippen LogP contribution in [0.2, 0.25) is 0 Å². The molecular formula is C38H41N3O3. The van der Waals surface area contributed by atoms with Crippen LogP contribution in [0.4, 0.5) is 0 Å². The van der Waals surface area contributed by atoms with Crippen LogP contribution in [0.15, 0.2) is 66.9 Å². The number of nitrogens with zero attached hydrogens (tertiary/aromatic N) is 3. The summed E-state index contributed by atoms with van der Waals surface area (Å²) in [4.78, 5) is 26.3. The van der Waals surface area contributed by atoms with Crippen LogP contribution in [0.1, 0.15) is 94.7 Å². The van der Waals surface area contributed by atoms with Gasteiger partial charge in [0, 0.05) is 19.0 Å². The summed E-state index contributed by atoms with van der Waals surface area (Å²) in [5.74, 6) is 0.732. The first-order valence-corrected chi connectivity index (χ1v) is 16.3. The van der Waals surface area contributed by atoms with Gasteiger partial charge in [-0.05, 0) is 121 Å². The highest BCUT2D eigenvalue weighted by molar-refractivity contribution is 5.88. The van der Waals surface area contributed by atoms with Gasteiger partial charge in [-0.25, -0.2) is 9.48 Å². The lowest BCUT2D eigenvalue weighted by atomic mass is 9.83. The lowest BCUT2D eigenvalue weighted by Crippen LogP contribution is -2.38. The third kappa shape index (κ3) is 5.36. The first-order valence-electron chi connectivity index (χ1n) is 16.3. The van der Waals surface area contributed by atoms with Crippen LogP contribution in [0.5, 0.6) is 0 Å². The highest BCUT2D eigenvalue weighted by Gasteiger charge is 2.35. The van der Waals surface area contributed by atoms with Crippen molar-refractivity contribution in [2.75, 3.05) is 13.1 Å². The van der Waals surface area contributed by atoms with Crippen molar-refractivity contribution < 1.29 is 14.7 Å². The first kappa shape index (κ1) is 28.6. The molecular weight excluding hydrogens is 546 g/mol. The molecule has 6 nitrogen and oxygen atoms in total. The van der Waals surface area contributed by atoms with E-state index >= 15 is 0 Å². The molecule has 0 bridgehead atoms. The Balaban J connectivity index is 1.12. The zero-order valence-electron chi connectivity index (χ0n) is 25.8. The summed E-state index contributed by atoms with van der Waals surface area (Å²) in [5, 5.41) is 13.9. The Labute approximate surface area is 259 Å². The molecule has 7 rings (SSSR count). The molecule has 1 saturated heterocycles. The summed E-state index contributed by atoms with van der Waals surface area (Å²) in [5.41, 5.74) is 11.3. The molecule has 6 heteroatoms. The van der Waals surface area contributed by atoms with Crippen LogP contribution < -0.4 is 0 Å². The average molecular weight is 588 g/mol. The number of aryl methyl sites for hydroxylation is 2. The number of carbonyl (C=O) groups is 2. The smallest absolute Gasteiger partial charge is 0.339 e. The average Bonchev–Trinajstić information content (AvgIpc) is 3.71. The topological polar surface area (TPSA) is 75.4 Å². The zero-order valence-corrected chi connectivity index (χ0v) is 25.8. The number of likely N-dealkylation sites (tertiary alicyclic amines) is 1. The van der Waals surface area contributed by atoms with Crippen molar-refractivity contribution in [3.8, 4) is 16.8 Å². The number of rotatable bonds is 8. The quantitative estimate of drug-likeness (QED) is 0.232. The maximum atomic E-state index is 12.6. The fourth-order valence-corrected chi connectivity index (χ4v) is 7.70. The number of aromatic nitrogens is 2. The fourth-order valence-electron chi connectivity index (χ4n) is 7.70. The molecule has 2 fully saturated rings. The summed E-state index contributed by atoms with van der Waals surface area (Å²) in [6, 6.07) is 22.2. The van der Waals surface area contributed by atoms with E-state index in [-0.39, 0.29) is 5.56 Å². The van der Waals surface area contributed by atoms with Gasteiger partial charge in [0.05, 0.1) is 17.6 Å². The normalized spacial score (nSPS) is 18.4. The molecule has 1 amide bonds. The van der Waals surface area contributed by atoms with E-state index in [4.69, 9.17) is 0 Å². The standard InChI is InChI=1S/C38H41N3O3/c1-3-26-20-25(10-15-33(26)27-16-18-40(19-17-27)37(42)29-12-13-29)21-31-14-11-28-6-5-9-34(36(28)31)30-7-4-8-32(22-30)41-24(2)35(23-39-41)38(43)44/h4-10,15,20,22-23,27,29,31H,3,11-14,16-19,21H2,1-2H3,(H,43,44). The Morgan fingerprint density at radius 1 is 0.955 bits per heavy atom. The Morgan fingerprint density at radius 3 is 2.48 bits per heavy atom. The number of benzene rings is 3. The molecule has 0 radical (unpaired) electrons. The minimum Gasteiger partial charge on any atom is -0.478 e. The molecule has 1 aliphatic heterocycles. The summed E-state index contributed by atoms with van der Waals surface area (Å²) in [6.07, 6.45) is 10.0. The second kappa shape index (κ2) is 11.7. The van der Waals surface area contributed by atoms with Gasteiger partial charge in [-0.2, -0.15) is 5.10 Å². The minimum atomic E-state index is -0.960. The van der Waals surface area contributed by atoms with Crippen molar-refractivity contribution in [1.82, 2.24) is 14.7 Å². The van der Waals surface area contributed by atoms with E-state index in [1.807, 2.05) is 12.1 Å². The van der Waals surface area contributed by atoms with E-state index in [0.29, 0.717) is 29.4 Å². The summed E-state index contributed by atoms with van der Waals surface area (Å²) < 4.78 is 1.72. The number of hydrogen-bond donors (Lipinski definition) is 1. The van der Waals surface area contributed by atoms with Gasteiger partial charge in [0.25, 0.3) is 0 Å². The number of fused-ring (bicyclic) bond motifs is 1. The minimum absolute atomic E-state index is 0.225. The van der Waals surface area contributed by atoms with E-state index in [2.05, 4.69) is 65.5 Å². The van der Waals surface area contributed by atoms with E-state index in [1.165, 1.54) is 39.6 Å². The number of aromatic carboxylic acids is 1. The van der Waals surface area contributed by atoms with Crippen LogP contribution in [-0.2, 0) is 24.1 Å². The Kier molecular flexibility index (Phi) is 7.61. The van der Waals surface area contributed by atoms with Gasteiger partial charge in [0.15, 0.2) is 0 Å². The number of carbonyl (C=O) groups excluding carboxylic acids is 1. The maximum absolute atomic E-state index is 12.6. The lowest BCUT2D eigenvalue weighted by molar-refractivity contribution is -0.133. The molecule has 0 spiro atoms. The lowest BCUT2D eigenvalue weighted by Gasteiger charge is -2.33. The van der Waals surface area contributed by atoms with Crippen molar-refractivity contribution in [2.24, 2.45) is 5.92 Å². The zero-order chi connectivity index (χ0) is 30.4. The number of piperidine rings is 1. The molecule has 1 unspecified atom stereocenters. The van der Waals surface area contributed by atoms with Crippen molar-refractivity contribution in [3.05, 3.63) is 106 Å². The van der Waals surface area contributed by atoms with E-state index in [1.54, 1.807) is 11.6 Å². The first-order chi connectivity index (χ1) is 21.4. The molecule has 2 aliphatic carbocycles. The van der Waals surface area contributed by atoms with E-state index in [0.717, 1.165) is 75.7 Å². The van der Waals surface area contributed by atoms with Gasteiger partial charge < -0.3 is 10.0 Å². The molecule has 1 saturated carbocycles. The van der Waals surface area contributed by atoms with Crippen LogP contribution in [0, 0.1) is 12.8 Å². The number of carboxylic acids is 1. The second-order valence-electron chi connectivity index (χ2n) is 13.0. The Bertz CT molecular complexity index is 1730. The predicted molar refractivity (Wildman–Crippen MR) is 173 cm³/mol. The SMILES string of the molecule is CCc1cc(CC2CCc3cccc(-c4cccc(-n5ncc(C(=O)O)c5C)c4)c32)ccc1C1CCN(C(=O)C2CC2)CC1. The fraction of sp³-hybridized carbons (Fsp3) is 0.395. The monoisotopic (exact) mass is 587 g/mol. The number of carboxylic acid groups (broad SMARTS) is 1. The van der Waals surface area contributed by atoms with Crippen LogP contribution in [0.25, 0.3) is 16.8 Å². The van der Waals surface area contributed by atoms with Gasteiger partial charge in [0.2, 0.25) is 5.91 Å². The van der Waals surface area contributed by atoms with Gasteiger partial charge in [0.1, 0.15) is 5.56 Å². The number of amides is 1. The molecule has 3 aliphatic rings. The van der Waals surface area contributed by atoms with Gasteiger partial charge in [-0.3, -0.25) is 4.79 Å². The number of hydrogen-bond acceptors (Lipinski definition) is 3. The molecule has 2 heterocycles. The molecule has 1 N–H and O–H groups in total. The highest BCUT2D eigenvalue weighted by Crippen LogP contribution is 2.43. The van der Waals surface area contributed by atoms with Crippen molar-refractivity contribution in [1.29, 1.82) is 0 Å². The Morgan fingerprint density at radius 2 is 1.75 bits per heavy atom. The molecule has 226 valence electrons. The van der Waals surface area contributed by atoms with Crippen molar-refractivity contribution >= 4 is 11.9 Å². The van der Waals surface area contributed by atoms with Crippen LogP contribution in [-0.4, -0.2) is 44.8 Å². The van der Waals surface area contributed by atoms with Crippen molar-refractivity contribution in [3.63, 3.8) is 0 Å². The van der Waals surface area contributed by atoms with Gasteiger partial charge in [-0.15, -0.1) is 0 Å². The van der Waals surface area contributed by atoms with E-state index in [9.17, 15) is 14.7 Å². The van der Waals surface area contributed by atoms with Crippen LogP contribution in [0.3, 0.4) is 0 Å². The largest absolute Gasteiger partial charge is 0.478 e. The maximum Gasteiger partial charge on any atom is 0.339 e. The van der Waals surface area contributed by atoms with Gasteiger partial charge in [-0.1, -0.05) is 55.5 Å². The van der Waals surface area contributed by atoms with Crippen molar-refractivity contribution in [2.45, 2.75) is 77.0 Å². The Hall–Kier alpha value is -4.19. The summed E-state index contributed by atoms with van der Waals surface area (Å²) in [6.45, 7) is 5.86. The molecule has 4 aromatic rings. The van der Waals surface area contributed by atoms with E-state index < -0.39 is 5.97 Å². The summed E-state index contributed by atoms with van der Waals surface area (Å²) >= 11 is 0.